The second-order valence-corrected chi connectivity index (χ2v) is 6.45. The zero-order chi connectivity index (χ0) is 20.0. The Labute approximate surface area is 167 Å². The highest BCUT2D eigenvalue weighted by Crippen LogP contribution is 2.16. The van der Waals surface area contributed by atoms with E-state index in [1.54, 1.807) is 13.4 Å². The Kier molecular flexibility index (Phi) is 9.96. The Morgan fingerprint density at radius 2 is 1.96 bits per heavy atom. The van der Waals surface area contributed by atoms with Gasteiger partial charge in [0.05, 0.1) is 19.0 Å². The molecule has 2 aromatic rings. The van der Waals surface area contributed by atoms with Gasteiger partial charge in [-0.3, -0.25) is 4.99 Å². The third-order valence-electron chi connectivity index (χ3n) is 3.63. The van der Waals surface area contributed by atoms with E-state index in [1.165, 1.54) is 0 Å². The van der Waals surface area contributed by atoms with E-state index in [4.69, 9.17) is 18.6 Å². The first-order valence-corrected chi connectivity index (χ1v) is 9.58. The van der Waals surface area contributed by atoms with Crippen LogP contribution in [0.25, 0.3) is 0 Å². The van der Waals surface area contributed by atoms with Gasteiger partial charge >= 0.3 is 0 Å². The van der Waals surface area contributed by atoms with E-state index < -0.39 is 0 Å². The number of guanidine groups is 1. The largest absolute Gasteiger partial charge is 0.491 e. The zero-order valence-corrected chi connectivity index (χ0v) is 16.9. The van der Waals surface area contributed by atoms with Crippen molar-refractivity contribution >= 4 is 11.6 Å². The van der Waals surface area contributed by atoms with Gasteiger partial charge in [-0.15, -0.1) is 0 Å². The average molecular weight is 389 g/mol. The lowest BCUT2D eigenvalue weighted by atomic mass is 10.3. The van der Waals surface area contributed by atoms with Crippen molar-refractivity contribution < 1.29 is 18.6 Å². The monoisotopic (exact) mass is 389 g/mol. The summed E-state index contributed by atoms with van der Waals surface area (Å²) in [6.07, 6.45) is 2.62. The van der Waals surface area contributed by atoms with Gasteiger partial charge in [-0.25, -0.2) is 0 Å². The number of rotatable bonds is 12. The molecule has 0 saturated heterocycles. The minimum absolute atomic E-state index is 0.154. The summed E-state index contributed by atoms with van der Waals surface area (Å²) in [5.41, 5.74) is 0.939. The Bertz CT molecular complexity index is 669. The van der Waals surface area contributed by atoms with Gasteiger partial charge in [-0.05, 0) is 56.7 Å². The van der Waals surface area contributed by atoms with Gasteiger partial charge < -0.3 is 29.3 Å². The van der Waals surface area contributed by atoms with Crippen LogP contribution < -0.4 is 15.4 Å². The molecule has 0 unspecified atom stereocenters. The van der Waals surface area contributed by atoms with Crippen LogP contribution in [0.4, 0.5) is 5.69 Å². The molecule has 7 heteroatoms. The summed E-state index contributed by atoms with van der Waals surface area (Å²) in [7, 11) is 1.68. The second kappa shape index (κ2) is 12.8. The summed E-state index contributed by atoms with van der Waals surface area (Å²) < 4.78 is 21.6. The maximum Gasteiger partial charge on any atom is 0.195 e. The minimum Gasteiger partial charge on any atom is -0.491 e. The van der Waals surface area contributed by atoms with Crippen LogP contribution in [-0.2, 0) is 16.1 Å². The molecule has 0 aliphatic carbocycles. The van der Waals surface area contributed by atoms with E-state index >= 15 is 0 Å². The van der Waals surface area contributed by atoms with Crippen LogP contribution >= 0.6 is 0 Å². The fourth-order valence-corrected chi connectivity index (χ4v) is 2.36. The third-order valence-corrected chi connectivity index (χ3v) is 3.63. The van der Waals surface area contributed by atoms with E-state index in [2.05, 4.69) is 15.6 Å². The minimum atomic E-state index is 0.154. The standard InChI is InChI=1S/C21H31N3O4/c1-17(2)28-19-9-7-18(8-10-19)24-21(23-12-15-25-3)22-11-5-13-26-16-20-6-4-14-27-20/h4,6-10,14,17H,5,11-13,15-16H2,1-3H3,(H2,22,23,24). The smallest absolute Gasteiger partial charge is 0.195 e. The van der Waals surface area contributed by atoms with Crippen molar-refractivity contribution in [2.24, 2.45) is 4.99 Å². The Balaban J connectivity index is 1.79. The Morgan fingerprint density at radius 1 is 1.14 bits per heavy atom. The number of nitrogens with zero attached hydrogens (tertiary/aromatic N) is 1. The lowest BCUT2D eigenvalue weighted by molar-refractivity contribution is 0.105. The molecule has 154 valence electrons. The number of nitrogens with one attached hydrogen (secondary N) is 2. The van der Waals surface area contributed by atoms with Crippen molar-refractivity contribution in [1.82, 2.24) is 5.32 Å². The van der Waals surface area contributed by atoms with Crippen LogP contribution in [0.1, 0.15) is 26.0 Å². The van der Waals surface area contributed by atoms with Crippen molar-refractivity contribution in [3.8, 4) is 5.75 Å². The molecule has 0 bridgehead atoms. The second-order valence-electron chi connectivity index (χ2n) is 6.45. The predicted octanol–water partition coefficient (Wildman–Crippen LogP) is 3.68. The summed E-state index contributed by atoms with van der Waals surface area (Å²) in [4.78, 5) is 4.60. The Hall–Kier alpha value is -2.51. The highest BCUT2D eigenvalue weighted by molar-refractivity contribution is 5.93. The number of hydrogen-bond donors (Lipinski definition) is 2. The first-order valence-electron chi connectivity index (χ1n) is 9.58. The first kappa shape index (κ1) is 21.8. The molecule has 1 aromatic carbocycles. The summed E-state index contributed by atoms with van der Waals surface area (Å²) in [6.45, 7) is 7.05. The van der Waals surface area contributed by atoms with Crippen LogP contribution in [0.2, 0.25) is 0 Å². The van der Waals surface area contributed by atoms with Crippen molar-refractivity contribution in [1.29, 1.82) is 0 Å². The number of methoxy groups -OCH3 is 1. The molecule has 0 fully saturated rings. The predicted molar refractivity (Wildman–Crippen MR) is 111 cm³/mol. The van der Waals surface area contributed by atoms with Crippen LogP contribution in [-0.4, -0.2) is 45.5 Å². The molecule has 0 atom stereocenters. The molecular weight excluding hydrogens is 358 g/mol. The fourth-order valence-electron chi connectivity index (χ4n) is 2.36. The van der Waals surface area contributed by atoms with E-state index in [0.29, 0.717) is 38.9 Å². The molecule has 2 N–H and O–H groups in total. The number of anilines is 1. The van der Waals surface area contributed by atoms with Crippen LogP contribution in [0, 0.1) is 0 Å². The molecule has 0 radical (unpaired) electrons. The number of hydrogen-bond acceptors (Lipinski definition) is 5. The highest BCUT2D eigenvalue weighted by atomic mass is 16.5. The number of ether oxygens (including phenoxy) is 3. The molecule has 2 rings (SSSR count). The maximum absolute atomic E-state index is 5.67. The highest BCUT2D eigenvalue weighted by Gasteiger charge is 2.02. The molecule has 1 heterocycles. The first-order chi connectivity index (χ1) is 13.7. The van der Waals surface area contributed by atoms with Gasteiger partial charge in [0.15, 0.2) is 5.96 Å². The van der Waals surface area contributed by atoms with Gasteiger partial charge in [0.25, 0.3) is 0 Å². The molecule has 28 heavy (non-hydrogen) atoms. The zero-order valence-electron chi connectivity index (χ0n) is 16.9. The SMILES string of the molecule is COCCNC(=NCCCOCc1ccco1)Nc1ccc(OC(C)C)cc1. The lowest BCUT2D eigenvalue weighted by Gasteiger charge is -2.14. The van der Waals surface area contributed by atoms with Crippen molar-refractivity contribution in [2.75, 3.05) is 38.7 Å². The van der Waals surface area contributed by atoms with Crippen LogP contribution in [0.5, 0.6) is 5.75 Å². The van der Waals surface area contributed by atoms with E-state index in [0.717, 1.165) is 23.6 Å². The van der Waals surface area contributed by atoms with Crippen LogP contribution in [0.3, 0.4) is 0 Å². The molecule has 0 amide bonds. The maximum atomic E-state index is 5.67. The van der Waals surface area contributed by atoms with Gasteiger partial charge in [0, 0.05) is 32.5 Å². The van der Waals surface area contributed by atoms with Gasteiger partial charge in [-0.2, -0.15) is 0 Å². The average Bonchev–Trinajstić information content (AvgIpc) is 3.19. The summed E-state index contributed by atoms with van der Waals surface area (Å²) >= 11 is 0. The van der Waals surface area contributed by atoms with E-state index in [1.807, 2.05) is 50.2 Å². The topological polar surface area (TPSA) is 77.2 Å². The molecule has 0 spiro atoms. The molecule has 1 aromatic heterocycles. The number of aliphatic imine (C=N–C) groups is 1. The fraction of sp³-hybridized carbons (Fsp3) is 0.476. The quantitative estimate of drug-likeness (QED) is 0.328. The normalized spacial score (nSPS) is 11.6. The Morgan fingerprint density at radius 3 is 2.64 bits per heavy atom. The van der Waals surface area contributed by atoms with Crippen LogP contribution in [0.15, 0.2) is 52.1 Å². The number of furan rings is 1. The number of benzene rings is 1. The molecule has 0 saturated carbocycles. The van der Waals surface area contributed by atoms with Crippen molar-refractivity contribution in [2.45, 2.75) is 33.0 Å². The van der Waals surface area contributed by atoms with Gasteiger partial charge in [-0.1, -0.05) is 0 Å². The van der Waals surface area contributed by atoms with E-state index in [-0.39, 0.29) is 6.10 Å². The summed E-state index contributed by atoms with van der Waals surface area (Å²) in [5.74, 6) is 2.39. The van der Waals surface area contributed by atoms with E-state index in [9.17, 15) is 0 Å². The van der Waals surface area contributed by atoms with Crippen molar-refractivity contribution in [3.05, 3.63) is 48.4 Å². The summed E-state index contributed by atoms with van der Waals surface area (Å²) in [6, 6.07) is 11.6. The summed E-state index contributed by atoms with van der Waals surface area (Å²) in [5, 5.41) is 6.56. The molecular formula is C21H31N3O4. The lowest BCUT2D eigenvalue weighted by Crippen LogP contribution is -2.33. The van der Waals surface area contributed by atoms with Gasteiger partial charge in [0.1, 0.15) is 18.1 Å². The molecule has 7 nitrogen and oxygen atoms in total. The molecule has 0 aliphatic rings. The van der Waals surface area contributed by atoms with Crippen molar-refractivity contribution in [3.63, 3.8) is 0 Å². The molecule has 0 aliphatic heterocycles. The third kappa shape index (κ3) is 8.92. The van der Waals surface area contributed by atoms with Gasteiger partial charge in [0.2, 0.25) is 0 Å².